The molecule has 15 heteroatoms. The molecule has 2 aromatic rings. The highest BCUT2D eigenvalue weighted by atomic mass is 32.2. The van der Waals surface area contributed by atoms with Crippen LogP contribution in [0.3, 0.4) is 0 Å². The molecule has 0 aliphatic carbocycles. The third kappa shape index (κ3) is 7.32. The number of thioether (sulfide) groups is 1. The molecule has 0 bridgehead atoms. The largest absolute Gasteiger partial charge is 0.530 e. The van der Waals surface area contributed by atoms with Gasteiger partial charge in [0.1, 0.15) is 30.4 Å². The van der Waals surface area contributed by atoms with Gasteiger partial charge in [-0.15, -0.1) is 0 Å². The van der Waals surface area contributed by atoms with Crippen molar-refractivity contribution in [2.24, 2.45) is 11.1 Å². The summed E-state index contributed by atoms with van der Waals surface area (Å²) in [4.78, 5) is 27.1. The van der Waals surface area contributed by atoms with Gasteiger partial charge in [-0.2, -0.15) is 0 Å². The summed E-state index contributed by atoms with van der Waals surface area (Å²) < 4.78 is 36.2. The van der Waals surface area contributed by atoms with Gasteiger partial charge in [-0.1, -0.05) is 50.7 Å². The second kappa shape index (κ2) is 11.9. The Morgan fingerprint density at radius 3 is 2.46 bits per heavy atom. The predicted octanol–water partition coefficient (Wildman–Crippen LogP) is 1.83. The maximum atomic E-state index is 13.4. The molecule has 0 radical (unpaired) electrons. The molecule has 0 saturated carbocycles. The normalized spacial score (nSPS) is 23.5. The summed E-state index contributed by atoms with van der Waals surface area (Å²) in [5.74, 6) is -1.28. The number of carbonyl (C=O) groups is 2. The molecule has 1 aromatic heterocycles. The van der Waals surface area contributed by atoms with Gasteiger partial charge in [0.15, 0.2) is 17.0 Å². The molecule has 37 heavy (non-hydrogen) atoms. The summed E-state index contributed by atoms with van der Waals surface area (Å²) in [6, 6.07) is 8.11. The van der Waals surface area contributed by atoms with Crippen molar-refractivity contribution in [1.82, 2.24) is 9.55 Å². The van der Waals surface area contributed by atoms with E-state index in [1.165, 1.54) is 12.1 Å². The van der Waals surface area contributed by atoms with Gasteiger partial charge in [-0.05, 0) is 12.1 Å². The number of benzene rings is 1. The Balaban J connectivity index is 1.67. The molecule has 5 N–H and O–H groups in total. The van der Waals surface area contributed by atoms with Crippen LogP contribution in [0, 0.1) is 5.41 Å². The number of amides is 1. The third-order valence-corrected chi connectivity index (χ3v) is 7.79. The lowest BCUT2D eigenvalue weighted by atomic mass is 10.00. The maximum absolute atomic E-state index is 13.4. The van der Waals surface area contributed by atoms with E-state index in [1.54, 1.807) is 39.0 Å². The van der Waals surface area contributed by atoms with Crippen LogP contribution in [-0.2, 0) is 23.1 Å². The first-order valence-electron chi connectivity index (χ1n) is 11.2. The van der Waals surface area contributed by atoms with E-state index in [-0.39, 0.29) is 23.2 Å². The average molecular weight is 560 g/mol. The quantitative estimate of drug-likeness (QED) is 0.231. The molecule has 204 valence electrons. The third-order valence-electron chi connectivity index (χ3n) is 5.15. The molecular formula is C22H30N3O10PS. The SMILES string of the molecule is CC(C)(C)C(=O)SCCOP(=O)(OC[C@H]1O[C@@H](n2cnc(C(N)=O)c2O)[C@H](O)[C@@H]1O)Oc1ccccc1. The summed E-state index contributed by atoms with van der Waals surface area (Å²) in [7, 11) is -4.28. The van der Waals surface area contributed by atoms with Gasteiger partial charge in [0, 0.05) is 11.2 Å². The van der Waals surface area contributed by atoms with Crippen LogP contribution in [0.15, 0.2) is 36.7 Å². The Labute approximate surface area is 217 Å². The molecule has 1 aliphatic heterocycles. The zero-order valence-electron chi connectivity index (χ0n) is 20.4. The number of imidazole rings is 1. The summed E-state index contributed by atoms with van der Waals surface area (Å²) in [5, 5.41) is 31.0. The number of phosphoric acid groups is 1. The predicted molar refractivity (Wildman–Crippen MR) is 132 cm³/mol. The molecule has 5 atom stereocenters. The Morgan fingerprint density at radius 1 is 1.19 bits per heavy atom. The lowest BCUT2D eigenvalue weighted by Gasteiger charge is -2.21. The van der Waals surface area contributed by atoms with E-state index in [9.17, 15) is 29.5 Å². The molecule has 2 heterocycles. The first-order valence-corrected chi connectivity index (χ1v) is 13.6. The van der Waals surface area contributed by atoms with E-state index in [0.717, 1.165) is 22.7 Å². The van der Waals surface area contributed by atoms with Crippen molar-refractivity contribution in [1.29, 1.82) is 0 Å². The average Bonchev–Trinajstić information content (AvgIpc) is 3.34. The fourth-order valence-electron chi connectivity index (χ4n) is 3.18. The summed E-state index contributed by atoms with van der Waals surface area (Å²) in [6.45, 7) is 4.66. The molecule has 13 nitrogen and oxygen atoms in total. The van der Waals surface area contributed by atoms with Crippen LogP contribution >= 0.6 is 19.6 Å². The topological polar surface area (TPSA) is 193 Å². The smallest absolute Gasteiger partial charge is 0.493 e. The number of aromatic nitrogens is 2. The standard InChI is InChI=1S/C22H30N3O10PS/c1-22(2,3)21(30)37-10-9-32-36(31,35-13-7-5-4-6-8-13)33-11-14-16(26)17(27)20(34-14)25-12-24-15(18(23)28)19(25)29/h4-8,12,14,16-17,20,26-27,29H,9-11H2,1-3H3,(H2,23,28)/t14-,16-,17-,20-,36?/m1/s1. The summed E-state index contributed by atoms with van der Waals surface area (Å²) in [5.41, 5.74) is 4.14. The van der Waals surface area contributed by atoms with E-state index >= 15 is 0 Å². The Kier molecular flexibility index (Phi) is 9.40. The second-order valence-corrected chi connectivity index (χ2v) is 11.8. The molecule has 1 saturated heterocycles. The number of aliphatic hydroxyl groups is 2. The lowest BCUT2D eigenvalue weighted by Crippen LogP contribution is -2.33. The highest BCUT2D eigenvalue weighted by Gasteiger charge is 2.46. The van der Waals surface area contributed by atoms with E-state index in [4.69, 9.17) is 24.0 Å². The van der Waals surface area contributed by atoms with Gasteiger partial charge in [-0.3, -0.25) is 23.2 Å². The Morgan fingerprint density at radius 2 is 1.86 bits per heavy atom. The van der Waals surface area contributed by atoms with Gasteiger partial charge in [0.25, 0.3) is 5.91 Å². The number of ether oxygens (including phenoxy) is 1. The summed E-state index contributed by atoms with van der Waals surface area (Å²) >= 11 is 1.02. The Hall–Kier alpha value is -2.45. The molecule has 0 spiro atoms. The Bertz CT molecular complexity index is 1140. The highest BCUT2D eigenvalue weighted by Crippen LogP contribution is 2.50. The number of hydrogen-bond acceptors (Lipinski definition) is 12. The molecule has 1 amide bonds. The minimum atomic E-state index is -4.28. The molecule has 1 fully saturated rings. The van der Waals surface area contributed by atoms with E-state index in [2.05, 4.69) is 4.98 Å². The number of para-hydroxylation sites is 1. The zero-order valence-corrected chi connectivity index (χ0v) is 22.1. The van der Waals surface area contributed by atoms with Crippen LogP contribution in [-0.4, -0.2) is 73.2 Å². The van der Waals surface area contributed by atoms with Crippen LogP contribution in [0.2, 0.25) is 0 Å². The second-order valence-electron chi connectivity index (χ2n) is 9.10. The molecule has 1 aliphatic rings. The van der Waals surface area contributed by atoms with Crippen molar-refractivity contribution in [2.75, 3.05) is 19.0 Å². The van der Waals surface area contributed by atoms with Crippen LogP contribution < -0.4 is 10.3 Å². The minimum absolute atomic E-state index is 0.0689. The monoisotopic (exact) mass is 559 g/mol. The van der Waals surface area contributed by atoms with Crippen molar-refractivity contribution in [3.63, 3.8) is 0 Å². The maximum Gasteiger partial charge on any atom is 0.530 e. The number of aromatic hydroxyl groups is 1. The van der Waals surface area contributed by atoms with E-state index in [1.807, 2.05) is 0 Å². The van der Waals surface area contributed by atoms with Crippen LogP contribution in [0.1, 0.15) is 37.5 Å². The number of carbonyl (C=O) groups excluding carboxylic acids is 2. The fraction of sp³-hybridized carbons (Fsp3) is 0.500. The van der Waals surface area contributed by atoms with E-state index < -0.39 is 61.9 Å². The van der Waals surface area contributed by atoms with Crippen LogP contribution in [0.5, 0.6) is 11.6 Å². The van der Waals surface area contributed by atoms with Gasteiger partial charge >= 0.3 is 7.82 Å². The lowest BCUT2D eigenvalue weighted by molar-refractivity contribution is -0.117. The number of primary amides is 1. The van der Waals surface area contributed by atoms with Gasteiger partial charge in [0.2, 0.25) is 5.88 Å². The molecular weight excluding hydrogens is 529 g/mol. The van der Waals surface area contributed by atoms with Gasteiger partial charge in [0.05, 0.1) is 13.2 Å². The number of nitrogens with zero attached hydrogens (tertiary/aromatic N) is 2. The van der Waals surface area contributed by atoms with E-state index in [0.29, 0.717) is 0 Å². The molecule has 3 rings (SSSR count). The van der Waals surface area contributed by atoms with Crippen molar-refractivity contribution in [3.05, 3.63) is 42.4 Å². The number of hydrogen-bond donors (Lipinski definition) is 4. The van der Waals surface area contributed by atoms with Crippen molar-refractivity contribution >= 4 is 30.6 Å². The summed E-state index contributed by atoms with van der Waals surface area (Å²) in [6.07, 6.45) is -4.66. The molecule has 1 unspecified atom stereocenters. The zero-order chi connectivity index (χ0) is 27.4. The van der Waals surface area contributed by atoms with Crippen molar-refractivity contribution in [2.45, 2.75) is 45.3 Å². The van der Waals surface area contributed by atoms with Crippen LogP contribution in [0.4, 0.5) is 0 Å². The van der Waals surface area contributed by atoms with Gasteiger partial charge in [-0.25, -0.2) is 9.55 Å². The first-order chi connectivity index (χ1) is 17.3. The highest BCUT2D eigenvalue weighted by molar-refractivity contribution is 8.13. The number of rotatable bonds is 11. The number of nitrogens with two attached hydrogens (primary N) is 1. The fourth-order valence-corrected chi connectivity index (χ4v) is 5.29. The van der Waals surface area contributed by atoms with Crippen molar-refractivity contribution < 1.29 is 47.8 Å². The van der Waals surface area contributed by atoms with Crippen molar-refractivity contribution in [3.8, 4) is 11.6 Å². The number of aliphatic hydroxyl groups excluding tert-OH is 2. The minimum Gasteiger partial charge on any atom is -0.493 e. The van der Waals surface area contributed by atoms with Gasteiger partial charge < -0.3 is 30.3 Å². The van der Waals surface area contributed by atoms with Crippen LogP contribution in [0.25, 0.3) is 0 Å². The molecule has 1 aromatic carbocycles. The number of phosphoric ester groups is 1. The first kappa shape index (κ1) is 29.1.